The standard InChI is InChI=1S/C12H13FN3.2ClH/c13-9-3-4-10-11(6-9)16-12(15-10)8-2-1-5-14-7-8;;/h3-4,6,8,14H,1-2,5,7H2;2*1H. The minimum Gasteiger partial charge on any atom is -0.316 e. The molecule has 0 aromatic heterocycles. The van der Waals surface area contributed by atoms with Crippen LogP contribution >= 0.6 is 24.8 Å². The monoisotopic (exact) mass is 290 g/mol. The third kappa shape index (κ3) is 2.94. The molecule has 0 amide bonds. The van der Waals surface area contributed by atoms with E-state index in [0.717, 1.165) is 37.5 Å². The van der Waals surface area contributed by atoms with E-state index >= 15 is 0 Å². The molecule has 1 unspecified atom stereocenters. The molecular formula is C12H15Cl2FN3. The maximum absolute atomic E-state index is 13.0. The second kappa shape index (κ2) is 6.36. The van der Waals surface area contributed by atoms with Gasteiger partial charge in [-0.2, -0.15) is 0 Å². The number of nitrogens with zero attached hydrogens (tertiary/aromatic N) is 2. The molecule has 1 saturated heterocycles. The Kier molecular flexibility index (Phi) is 5.38. The molecule has 18 heavy (non-hydrogen) atoms. The third-order valence-electron chi connectivity index (χ3n) is 3.07. The Morgan fingerprint density at radius 1 is 1.22 bits per heavy atom. The summed E-state index contributed by atoms with van der Waals surface area (Å²) < 4.78 is 13.0. The lowest BCUT2D eigenvalue weighted by Gasteiger charge is -2.21. The van der Waals surface area contributed by atoms with Crippen molar-refractivity contribution in [1.82, 2.24) is 10.6 Å². The molecule has 2 heterocycles. The minimum absolute atomic E-state index is 0. The third-order valence-corrected chi connectivity index (χ3v) is 3.07. The minimum atomic E-state index is -0.249. The zero-order valence-corrected chi connectivity index (χ0v) is 11.4. The number of fused-ring (bicyclic) bond motifs is 1. The van der Waals surface area contributed by atoms with Crippen LogP contribution in [0.2, 0.25) is 0 Å². The average Bonchev–Trinajstić information content (AvgIpc) is 2.73. The van der Waals surface area contributed by atoms with Crippen LogP contribution in [-0.2, 0) is 0 Å². The molecule has 1 aromatic carbocycles. The zero-order valence-electron chi connectivity index (χ0n) is 9.73. The number of hydrogen-bond donors (Lipinski definition) is 1. The van der Waals surface area contributed by atoms with E-state index in [1.807, 2.05) is 0 Å². The highest BCUT2D eigenvalue weighted by Crippen LogP contribution is 2.33. The quantitative estimate of drug-likeness (QED) is 0.849. The van der Waals surface area contributed by atoms with Gasteiger partial charge in [0, 0.05) is 18.5 Å². The van der Waals surface area contributed by atoms with E-state index in [1.54, 1.807) is 6.07 Å². The van der Waals surface area contributed by atoms with Crippen LogP contribution < -0.4 is 10.6 Å². The van der Waals surface area contributed by atoms with Crippen LogP contribution in [0.25, 0.3) is 0 Å². The van der Waals surface area contributed by atoms with Crippen LogP contribution in [0.3, 0.4) is 0 Å². The molecule has 0 saturated carbocycles. The Hall–Kier alpha value is -0.840. The lowest BCUT2D eigenvalue weighted by Crippen LogP contribution is -2.36. The second-order valence-corrected chi connectivity index (χ2v) is 4.26. The van der Waals surface area contributed by atoms with Gasteiger partial charge in [0.25, 0.3) is 0 Å². The molecule has 2 aliphatic rings. The summed E-state index contributed by atoms with van der Waals surface area (Å²) in [6.45, 7) is 2.00. The molecule has 99 valence electrons. The highest BCUT2D eigenvalue weighted by Gasteiger charge is 2.25. The van der Waals surface area contributed by atoms with Crippen molar-refractivity contribution in [3.8, 4) is 0 Å². The van der Waals surface area contributed by atoms with E-state index in [4.69, 9.17) is 0 Å². The van der Waals surface area contributed by atoms with Crippen LogP contribution in [0.4, 0.5) is 15.8 Å². The van der Waals surface area contributed by atoms with E-state index in [9.17, 15) is 4.39 Å². The number of halogens is 3. The van der Waals surface area contributed by atoms with Crippen LogP contribution in [0, 0.1) is 11.7 Å². The van der Waals surface area contributed by atoms with Crippen molar-refractivity contribution in [2.24, 2.45) is 10.9 Å². The maximum atomic E-state index is 13.0. The predicted molar refractivity (Wildman–Crippen MR) is 75.4 cm³/mol. The van der Waals surface area contributed by atoms with Gasteiger partial charge in [0.1, 0.15) is 11.7 Å². The van der Waals surface area contributed by atoms with E-state index < -0.39 is 0 Å². The lowest BCUT2D eigenvalue weighted by atomic mass is 9.98. The van der Waals surface area contributed by atoms with Gasteiger partial charge < -0.3 is 5.32 Å². The van der Waals surface area contributed by atoms with Gasteiger partial charge in [-0.05, 0) is 31.5 Å². The van der Waals surface area contributed by atoms with Crippen molar-refractivity contribution in [2.75, 3.05) is 13.1 Å². The van der Waals surface area contributed by atoms with Crippen LogP contribution in [0.1, 0.15) is 12.8 Å². The van der Waals surface area contributed by atoms with Gasteiger partial charge in [0.2, 0.25) is 0 Å². The summed E-state index contributed by atoms with van der Waals surface area (Å²) in [7, 11) is 0. The number of hydrogen-bond acceptors (Lipinski definition) is 2. The van der Waals surface area contributed by atoms with Gasteiger partial charge in [0.05, 0.1) is 11.4 Å². The molecular weight excluding hydrogens is 276 g/mol. The van der Waals surface area contributed by atoms with Crippen molar-refractivity contribution >= 4 is 42.0 Å². The van der Waals surface area contributed by atoms with Gasteiger partial charge in [0.15, 0.2) is 0 Å². The van der Waals surface area contributed by atoms with Crippen molar-refractivity contribution in [3.63, 3.8) is 0 Å². The summed E-state index contributed by atoms with van der Waals surface area (Å²) in [5.41, 5.74) is 1.46. The van der Waals surface area contributed by atoms with Gasteiger partial charge in [-0.25, -0.2) is 14.7 Å². The van der Waals surface area contributed by atoms with Crippen LogP contribution in [0.5, 0.6) is 0 Å². The Balaban J connectivity index is 0.000000810. The zero-order chi connectivity index (χ0) is 11.0. The summed E-state index contributed by atoms with van der Waals surface area (Å²) in [6, 6.07) is 4.57. The fraction of sp³-hybridized carbons (Fsp3) is 0.417. The average molecular weight is 291 g/mol. The molecule has 0 aliphatic carbocycles. The fourth-order valence-electron chi connectivity index (χ4n) is 2.21. The topological polar surface area (TPSA) is 38.5 Å². The summed E-state index contributed by atoms with van der Waals surface area (Å²) >= 11 is 0. The van der Waals surface area contributed by atoms with E-state index in [0.29, 0.717) is 11.6 Å². The predicted octanol–water partition coefficient (Wildman–Crippen LogP) is 2.95. The molecule has 1 aromatic rings. The Labute approximate surface area is 118 Å². The van der Waals surface area contributed by atoms with Crippen molar-refractivity contribution in [2.45, 2.75) is 12.8 Å². The fourth-order valence-corrected chi connectivity index (χ4v) is 2.21. The molecule has 1 radical (unpaired) electrons. The number of amidine groups is 1. The van der Waals surface area contributed by atoms with Gasteiger partial charge >= 0.3 is 0 Å². The largest absolute Gasteiger partial charge is 0.316 e. The molecule has 1 atom stereocenters. The maximum Gasteiger partial charge on any atom is 0.134 e. The second-order valence-electron chi connectivity index (χ2n) is 4.26. The van der Waals surface area contributed by atoms with E-state index in [2.05, 4.69) is 15.6 Å². The Morgan fingerprint density at radius 2 is 2.06 bits per heavy atom. The summed E-state index contributed by atoms with van der Waals surface area (Å²) in [4.78, 5) is 4.46. The highest BCUT2D eigenvalue weighted by atomic mass is 35.5. The molecule has 2 aliphatic heterocycles. The lowest BCUT2D eigenvalue weighted by molar-refractivity contribution is 0.454. The first-order valence-corrected chi connectivity index (χ1v) is 5.63. The first kappa shape index (κ1) is 15.2. The number of piperidine rings is 1. The molecule has 1 N–H and O–H groups in total. The molecule has 6 heteroatoms. The smallest absolute Gasteiger partial charge is 0.134 e. The Morgan fingerprint density at radius 3 is 2.78 bits per heavy atom. The summed E-state index contributed by atoms with van der Waals surface area (Å²) in [5, 5.41) is 7.74. The number of nitrogens with one attached hydrogen (secondary N) is 1. The number of benzene rings is 1. The van der Waals surface area contributed by atoms with Crippen molar-refractivity contribution in [3.05, 3.63) is 24.0 Å². The van der Waals surface area contributed by atoms with E-state index in [-0.39, 0.29) is 30.6 Å². The highest BCUT2D eigenvalue weighted by molar-refractivity contribution is 5.97. The van der Waals surface area contributed by atoms with Crippen molar-refractivity contribution in [1.29, 1.82) is 0 Å². The SMILES string of the molecule is Cl.Cl.Fc1ccc2c(c1)[N]C(C1CCCNC1)=N2. The van der Waals surface area contributed by atoms with Crippen LogP contribution in [0.15, 0.2) is 23.2 Å². The molecule has 0 spiro atoms. The molecule has 0 bridgehead atoms. The van der Waals surface area contributed by atoms with Gasteiger partial charge in [-0.15, -0.1) is 24.8 Å². The number of aliphatic imine (C=N–C) groups is 1. The summed E-state index contributed by atoms with van der Waals surface area (Å²) in [5.74, 6) is 0.984. The first-order chi connectivity index (χ1) is 7.83. The van der Waals surface area contributed by atoms with Gasteiger partial charge in [-0.1, -0.05) is 0 Å². The number of rotatable bonds is 1. The Bertz CT molecular complexity index is 445. The normalized spacial score (nSPS) is 20.9. The van der Waals surface area contributed by atoms with Gasteiger partial charge in [-0.3, -0.25) is 0 Å². The summed E-state index contributed by atoms with van der Waals surface area (Å²) in [6.07, 6.45) is 2.27. The van der Waals surface area contributed by atoms with Crippen LogP contribution in [-0.4, -0.2) is 18.9 Å². The van der Waals surface area contributed by atoms with Crippen molar-refractivity contribution < 1.29 is 4.39 Å². The molecule has 1 fully saturated rings. The van der Waals surface area contributed by atoms with E-state index in [1.165, 1.54) is 12.1 Å². The molecule has 3 nitrogen and oxygen atoms in total. The first-order valence-electron chi connectivity index (χ1n) is 5.63. The molecule has 3 rings (SSSR count).